The molecule has 0 aliphatic carbocycles. The molecule has 0 aromatic heterocycles. The molecule has 16 heavy (non-hydrogen) atoms. The Hall–Kier alpha value is -0.540. The highest BCUT2D eigenvalue weighted by atomic mass is 79.9. The molecule has 1 unspecified atom stereocenters. The van der Waals surface area contributed by atoms with Crippen LogP contribution in [-0.4, -0.2) is 29.3 Å². The Morgan fingerprint density at radius 1 is 1.56 bits per heavy atom. The second kappa shape index (κ2) is 4.76. The molecule has 2 nitrogen and oxygen atoms in total. The van der Waals surface area contributed by atoms with Crippen molar-refractivity contribution < 1.29 is 4.79 Å². The average Bonchev–Trinajstić information content (AvgIpc) is 2.67. The lowest BCUT2D eigenvalue weighted by Gasteiger charge is -2.16. The fourth-order valence-electron chi connectivity index (χ4n) is 1.88. The van der Waals surface area contributed by atoms with Crippen LogP contribution in [-0.2, 0) is 0 Å². The van der Waals surface area contributed by atoms with E-state index in [1.165, 1.54) is 0 Å². The summed E-state index contributed by atoms with van der Waals surface area (Å²) in [7, 11) is 0. The summed E-state index contributed by atoms with van der Waals surface area (Å²) in [6.07, 6.45) is 0.886. The van der Waals surface area contributed by atoms with Crippen molar-refractivity contribution in [3.63, 3.8) is 0 Å². The largest absolute Gasteiger partial charge is 0.337 e. The highest BCUT2D eigenvalue weighted by Crippen LogP contribution is 2.23. The Kier molecular flexibility index (Phi) is 3.55. The summed E-state index contributed by atoms with van der Waals surface area (Å²) in [6.45, 7) is 3.39. The molecule has 1 heterocycles. The fraction of sp³-hybridized carbons (Fsp3) is 0.417. The smallest absolute Gasteiger partial charge is 0.255 e. The van der Waals surface area contributed by atoms with Gasteiger partial charge in [-0.15, -0.1) is 11.6 Å². The summed E-state index contributed by atoms with van der Waals surface area (Å²) < 4.78 is 0.848. The third kappa shape index (κ3) is 2.41. The van der Waals surface area contributed by atoms with Crippen LogP contribution in [0.2, 0.25) is 0 Å². The lowest BCUT2D eigenvalue weighted by molar-refractivity contribution is 0.0792. The molecular weight excluding hydrogens is 289 g/mol. The molecule has 0 N–H and O–H groups in total. The fourth-order valence-corrected chi connectivity index (χ4v) is 2.56. The Morgan fingerprint density at radius 3 is 2.94 bits per heavy atom. The number of hydrogen-bond acceptors (Lipinski definition) is 1. The minimum Gasteiger partial charge on any atom is -0.337 e. The van der Waals surface area contributed by atoms with Crippen LogP contribution in [0.4, 0.5) is 0 Å². The number of carbonyl (C=O) groups is 1. The first-order chi connectivity index (χ1) is 7.58. The zero-order valence-corrected chi connectivity index (χ0v) is 11.4. The molecule has 1 aliphatic rings. The molecule has 1 aliphatic heterocycles. The molecule has 4 heteroatoms. The van der Waals surface area contributed by atoms with Gasteiger partial charge in [-0.05, 0) is 41.4 Å². The van der Waals surface area contributed by atoms with Gasteiger partial charge in [-0.2, -0.15) is 0 Å². The second-order valence-electron chi connectivity index (χ2n) is 4.12. The van der Waals surface area contributed by atoms with Gasteiger partial charge in [0, 0.05) is 17.6 Å². The number of carbonyl (C=O) groups excluding carboxylic acids is 1. The van der Waals surface area contributed by atoms with Gasteiger partial charge in [0.2, 0.25) is 0 Å². The maximum atomic E-state index is 12.2. The van der Waals surface area contributed by atoms with Crippen molar-refractivity contribution in [2.75, 3.05) is 13.1 Å². The van der Waals surface area contributed by atoms with E-state index in [-0.39, 0.29) is 11.3 Å². The van der Waals surface area contributed by atoms with Gasteiger partial charge in [0.1, 0.15) is 0 Å². The van der Waals surface area contributed by atoms with Crippen molar-refractivity contribution in [2.24, 2.45) is 0 Å². The predicted octanol–water partition coefficient (Wildman–Crippen LogP) is 3.21. The maximum absolute atomic E-state index is 12.2. The molecule has 1 aromatic rings. The van der Waals surface area contributed by atoms with E-state index in [9.17, 15) is 4.79 Å². The van der Waals surface area contributed by atoms with Crippen LogP contribution >= 0.6 is 27.5 Å². The van der Waals surface area contributed by atoms with Crippen LogP contribution in [0.1, 0.15) is 22.3 Å². The van der Waals surface area contributed by atoms with Crippen LogP contribution in [0, 0.1) is 6.92 Å². The van der Waals surface area contributed by atoms with Gasteiger partial charge in [0.05, 0.1) is 10.9 Å². The highest BCUT2D eigenvalue weighted by Gasteiger charge is 2.26. The van der Waals surface area contributed by atoms with Crippen molar-refractivity contribution in [1.29, 1.82) is 0 Å². The third-order valence-electron chi connectivity index (χ3n) is 2.77. The van der Waals surface area contributed by atoms with Gasteiger partial charge < -0.3 is 4.90 Å². The molecule has 1 atom stereocenters. The molecule has 1 aromatic carbocycles. The first-order valence-corrected chi connectivity index (χ1v) is 6.50. The Morgan fingerprint density at radius 2 is 2.31 bits per heavy atom. The van der Waals surface area contributed by atoms with Gasteiger partial charge in [-0.25, -0.2) is 0 Å². The number of likely N-dealkylation sites (tertiary alicyclic amines) is 1. The monoisotopic (exact) mass is 301 g/mol. The van der Waals surface area contributed by atoms with Crippen LogP contribution in [0.3, 0.4) is 0 Å². The summed E-state index contributed by atoms with van der Waals surface area (Å²) >= 11 is 9.42. The quantitative estimate of drug-likeness (QED) is 0.730. The van der Waals surface area contributed by atoms with Crippen LogP contribution in [0.25, 0.3) is 0 Å². The van der Waals surface area contributed by atoms with E-state index in [2.05, 4.69) is 15.9 Å². The van der Waals surface area contributed by atoms with Crippen molar-refractivity contribution in [2.45, 2.75) is 18.7 Å². The lowest BCUT2D eigenvalue weighted by Crippen LogP contribution is -2.29. The molecule has 0 spiro atoms. The molecule has 0 radical (unpaired) electrons. The average molecular weight is 303 g/mol. The van der Waals surface area contributed by atoms with E-state index in [0.717, 1.165) is 28.6 Å². The molecule has 1 amide bonds. The van der Waals surface area contributed by atoms with Crippen molar-refractivity contribution in [1.82, 2.24) is 4.90 Å². The SMILES string of the molecule is Cc1ccc(Br)c(C(=O)N2CCC(Cl)C2)c1. The number of nitrogens with zero attached hydrogens (tertiary/aromatic N) is 1. The normalized spacial score (nSPS) is 20.2. The number of rotatable bonds is 1. The standard InChI is InChI=1S/C12H13BrClNO/c1-8-2-3-11(13)10(6-8)12(16)15-5-4-9(14)7-15/h2-3,6,9H,4-5,7H2,1H3. The van der Waals surface area contributed by atoms with Gasteiger partial charge >= 0.3 is 0 Å². The van der Waals surface area contributed by atoms with Gasteiger partial charge in [0.15, 0.2) is 0 Å². The lowest BCUT2D eigenvalue weighted by atomic mass is 10.1. The first-order valence-electron chi connectivity index (χ1n) is 5.27. The molecule has 2 rings (SSSR count). The molecule has 0 bridgehead atoms. The zero-order chi connectivity index (χ0) is 11.7. The van der Waals surface area contributed by atoms with Crippen LogP contribution in [0.5, 0.6) is 0 Å². The topological polar surface area (TPSA) is 20.3 Å². The first kappa shape index (κ1) is 11.9. The molecular formula is C12H13BrClNO. The van der Waals surface area contributed by atoms with Crippen LogP contribution < -0.4 is 0 Å². The Bertz CT molecular complexity index is 421. The number of amides is 1. The van der Waals surface area contributed by atoms with Gasteiger partial charge in [0.25, 0.3) is 5.91 Å². The van der Waals surface area contributed by atoms with Crippen molar-refractivity contribution >= 4 is 33.4 Å². The van der Waals surface area contributed by atoms with E-state index < -0.39 is 0 Å². The highest BCUT2D eigenvalue weighted by molar-refractivity contribution is 9.10. The minimum atomic E-state index is 0.0683. The summed E-state index contributed by atoms with van der Waals surface area (Å²) in [6, 6.07) is 5.81. The maximum Gasteiger partial charge on any atom is 0.255 e. The van der Waals surface area contributed by atoms with E-state index in [4.69, 9.17) is 11.6 Å². The van der Waals surface area contributed by atoms with Gasteiger partial charge in [-0.3, -0.25) is 4.79 Å². The number of hydrogen-bond donors (Lipinski definition) is 0. The van der Waals surface area contributed by atoms with Crippen molar-refractivity contribution in [3.8, 4) is 0 Å². The van der Waals surface area contributed by atoms with Crippen LogP contribution in [0.15, 0.2) is 22.7 Å². The second-order valence-corrected chi connectivity index (χ2v) is 5.59. The molecule has 0 saturated carbocycles. The number of aryl methyl sites for hydroxylation is 1. The van der Waals surface area contributed by atoms with Gasteiger partial charge in [-0.1, -0.05) is 11.6 Å². The number of halogens is 2. The minimum absolute atomic E-state index is 0.0683. The number of benzene rings is 1. The number of alkyl halides is 1. The van der Waals surface area contributed by atoms with E-state index in [0.29, 0.717) is 6.54 Å². The van der Waals surface area contributed by atoms with Crippen molar-refractivity contribution in [3.05, 3.63) is 33.8 Å². The zero-order valence-electron chi connectivity index (χ0n) is 9.04. The summed E-state index contributed by atoms with van der Waals surface area (Å²) in [4.78, 5) is 14.0. The summed E-state index contributed by atoms with van der Waals surface area (Å²) in [5.74, 6) is 0.0683. The summed E-state index contributed by atoms with van der Waals surface area (Å²) in [5.41, 5.74) is 1.82. The summed E-state index contributed by atoms with van der Waals surface area (Å²) in [5, 5.41) is 0.104. The molecule has 86 valence electrons. The van der Waals surface area contributed by atoms with E-state index >= 15 is 0 Å². The third-order valence-corrected chi connectivity index (χ3v) is 3.82. The molecule has 1 saturated heterocycles. The molecule has 1 fully saturated rings. The Labute approximate surface area is 109 Å². The Balaban J connectivity index is 2.23. The van der Waals surface area contributed by atoms with E-state index in [1.54, 1.807) is 0 Å². The van der Waals surface area contributed by atoms with E-state index in [1.807, 2.05) is 30.0 Å². The predicted molar refractivity (Wildman–Crippen MR) is 69.0 cm³/mol.